The van der Waals surface area contributed by atoms with E-state index < -0.39 is 5.24 Å². The summed E-state index contributed by atoms with van der Waals surface area (Å²) in [5.41, 5.74) is 1.44. The molecule has 0 radical (unpaired) electrons. The molecule has 0 atom stereocenters. The van der Waals surface area contributed by atoms with Crippen LogP contribution in [0.1, 0.15) is 15.9 Å². The van der Waals surface area contributed by atoms with Crippen LogP contribution in [0, 0.1) is 6.92 Å². The van der Waals surface area contributed by atoms with Crippen molar-refractivity contribution in [2.75, 3.05) is 7.11 Å². The van der Waals surface area contributed by atoms with Gasteiger partial charge in [0.05, 0.1) is 12.7 Å². The molecule has 0 aliphatic rings. The Bertz CT molecular complexity index is 307. The van der Waals surface area contributed by atoms with Gasteiger partial charge in [0.1, 0.15) is 5.75 Å². The van der Waals surface area contributed by atoms with Gasteiger partial charge in [-0.25, -0.2) is 0 Å². The van der Waals surface area contributed by atoms with Crippen LogP contribution in [0.4, 0.5) is 0 Å². The van der Waals surface area contributed by atoms with Gasteiger partial charge in [-0.3, -0.25) is 4.79 Å². The maximum absolute atomic E-state index is 10.8. The Morgan fingerprint density at radius 2 is 2.17 bits per heavy atom. The molecule has 0 fully saturated rings. The highest BCUT2D eigenvalue weighted by atomic mass is 35.5. The molecule has 0 saturated carbocycles. The van der Waals surface area contributed by atoms with Gasteiger partial charge in [0.2, 0.25) is 0 Å². The lowest BCUT2D eigenvalue weighted by atomic mass is 10.1. The highest BCUT2D eigenvalue weighted by molar-refractivity contribution is 6.68. The summed E-state index contributed by atoms with van der Waals surface area (Å²) in [6.07, 6.45) is 0. The minimum Gasteiger partial charge on any atom is -0.496 e. The first-order chi connectivity index (χ1) is 5.65. The van der Waals surface area contributed by atoms with Gasteiger partial charge >= 0.3 is 0 Å². The lowest BCUT2D eigenvalue weighted by Gasteiger charge is -2.04. The number of halogens is 1. The first-order valence-corrected chi connectivity index (χ1v) is 3.87. The number of hydrogen-bond acceptors (Lipinski definition) is 2. The van der Waals surface area contributed by atoms with Crippen LogP contribution in [-0.4, -0.2) is 12.4 Å². The minimum atomic E-state index is -0.494. The third-order valence-electron chi connectivity index (χ3n) is 1.57. The second-order valence-electron chi connectivity index (χ2n) is 2.48. The first kappa shape index (κ1) is 9.07. The van der Waals surface area contributed by atoms with Crippen LogP contribution in [0.15, 0.2) is 18.2 Å². The number of benzene rings is 1. The Kier molecular flexibility index (Phi) is 2.71. The number of aryl methyl sites for hydroxylation is 1. The molecule has 0 aliphatic heterocycles. The summed E-state index contributed by atoms with van der Waals surface area (Å²) in [5.74, 6) is 0.523. The summed E-state index contributed by atoms with van der Waals surface area (Å²) in [7, 11) is 1.51. The maximum atomic E-state index is 10.8. The van der Waals surface area contributed by atoms with Crippen molar-refractivity contribution in [2.45, 2.75) is 6.92 Å². The molecule has 2 nitrogen and oxygen atoms in total. The zero-order valence-corrected chi connectivity index (χ0v) is 7.68. The van der Waals surface area contributed by atoms with Crippen LogP contribution in [0.3, 0.4) is 0 Å². The molecule has 0 unspecified atom stereocenters. The highest BCUT2D eigenvalue weighted by Gasteiger charge is 2.08. The summed E-state index contributed by atoms with van der Waals surface area (Å²) in [6, 6.07) is 5.25. The van der Waals surface area contributed by atoms with Crippen molar-refractivity contribution in [3.05, 3.63) is 29.3 Å². The first-order valence-electron chi connectivity index (χ1n) is 3.49. The fourth-order valence-electron chi connectivity index (χ4n) is 0.961. The summed E-state index contributed by atoms with van der Waals surface area (Å²) >= 11 is 5.32. The fraction of sp³-hybridized carbons (Fsp3) is 0.222. The van der Waals surface area contributed by atoms with Crippen LogP contribution >= 0.6 is 11.6 Å². The van der Waals surface area contributed by atoms with E-state index in [4.69, 9.17) is 16.3 Å². The van der Waals surface area contributed by atoms with Crippen molar-refractivity contribution >= 4 is 16.8 Å². The van der Waals surface area contributed by atoms with Crippen molar-refractivity contribution in [3.8, 4) is 5.75 Å². The lowest BCUT2D eigenvalue weighted by molar-refractivity contribution is 0.107. The predicted octanol–water partition coefficient (Wildman–Crippen LogP) is 2.38. The summed E-state index contributed by atoms with van der Waals surface area (Å²) in [5, 5.41) is -0.494. The molecule has 12 heavy (non-hydrogen) atoms. The second-order valence-corrected chi connectivity index (χ2v) is 2.82. The van der Waals surface area contributed by atoms with E-state index in [0.29, 0.717) is 11.3 Å². The van der Waals surface area contributed by atoms with Crippen molar-refractivity contribution in [2.24, 2.45) is 0 Å². The summed E-state index contributed by atoms with van der Waals surface area (Å²) < 4.78 is 4.98. The monoisotopic (exact) mass is 184 g/mol. The van der Waals surface area contributed by atoms with E-state index in [1.165, 1.54) is 7.11 Å². The molecule has 3 heteroatoms. The van der Waals surface area contributed by atoms with Gasteiger partial charge in [0, 0.05) is 0 Å². The Balaban J connectivity index is 3.20. The van der Waals surface area contributed by atoms with Crippen LogP contribution in [0.25, 0.3) is 0 Å². The number of carbonyl (C=O) groups excluding carboxylic acids is 1. The smallest absolute Gasteiger partial charge is 0.256 e. The zero-order valence-electron chi connectivity index (χ0n) is 6.93. The average Bonchev–Trinajstić information content (AvgIpc) is 2.03. The van der Waals surface area contributed by atoms with Crippen molar-refractivity contribution in [1.29, 1.82) is 0 Å². The normalized spacial score (nSPS) is 9.58. The molecule has 1 rings (SSSR count). The summed E-state index contributed by atoms with van der Waals surface area (Å²) in [6.45, 7) is 1.92. The molecule has 0 aromatic heterocycles. The van der Waals surface area contributed by atoms with Gasteiger partial charge in [0.25, 0.3) is 5.24 Å². The SMILES string of the molecule is COc1cc(C)ccc1C(=O)Cl. The number of carbonyl (C=O) groups is 1. The van der Waals surface area contributed by atoms with E-state index in [2.05, 4.69) is 0 Å². The van der Waals surface area contributed by atoms with Gasteiger partial charge in [-0.05, 0) is 36.2 Å². The number of ether oxygens (including phenoxy) is 1. The van der Waals surface area contributed by atoms with Crippen LogP contribution in [0.5, 0.6) is 5.75 Å². The van der Waals surface area contributed by atoms with Crippen LogP contribution in [-0.2, 0) is 0 Å². The van der Waals surface area contributed by atoms with Gasteiger partial charge in [-0.1, -0.05) is 6.07 Å². The number of hydrogen-bond donors (Lipinski definition) is 0. The van der Waals surface area contributed by atoms with E-state index in [1.54, 1.807) is 12.1 Å². The third-order valence-corrected chi connectivity index (χ3v) is 1.77. The Hall–Kier alpha value is -1.02. The minimum absolute atomic E-state index is 0.407. The van der Waals surface area contributed by atoms with Gasteiger partial charge in [-0.15, -0.1) is 0 Å². The topological polar surface area (TPSA) is 26.3 Å². The van der Waals surface area contributed by atoms with E-state index in [9.17, 15) is 4.79 Å². The van der Waals surface area contributed by atoms with Crippen LogP contribution in [0.2, 0.25) is 0 Å². The predicted molar refractivity (Wildman–Crippen MR) is 47.9 cm³/mol. The molecule has 0 amide bonds. The van der Waals surface area contributed by atoms with Crippen molar-refractivity contribution in [3.63, 3.8) is 0 Å². The highest BCUT2D eigenvalue weighted by Crippen LogP contribution is 2.21. The standard InChI is InChI=1S/C9H9ClO2/c1-6-3-4-7(9(10)11)8(5-6)12-2/h3-5H,1-2H3. The van der Waals surface area contributed by atoms with Gasteiger partial charge in [-0.2, -0.15) is 0 Å². The zero-order chi connectivity index (χ0) is 9.14. The molecule has 64 valence electrons. The van der Waals surface area contributed by atoms with Gasteiger partial charge < -0.3 is 4.74 Å². The van der Waals surface area contributed by atoms with Crippen molar-refractivity contribution in [1.82, 2.24) is 0 Å². The van der Waals surface area contributed by atoms with E-state index in [-0.39, 0.29) is 0 Å². The molecule has 0 spiro atoms. The maximum Gasteiger partial charge on any atom is 0.256 e. The van der Waals surface area contributed by atoms with E-state index in [1.807, 2.05) is 13.0 Å². The quantitative estimate of drug-likeness (QED) is 0.660. The number of methoxy groups -OCH3 is 1. The molecule has 0 bridgehead atoms. The van der Waals surface area contributed by atoms with E-state index >= 15 is 0 Å². The Labute approximate surface area is 76.1 Å². The molecule has 1 aromatic carbocycles. The molecule has 0 aliphatic carbocycles. The Morgan fingerprint density at radius 3 is 2.67 bits per heavy atom. The van der Waals surface area contributed by atoms with Crippen molar-refractivity contribution < 1.29 is 9.53 Å². The largest absolute Gasteiger partial charge is 0.496 e. The number of rotatable bonds is 2. The van der Waals surface area contributed by atoms with Crippen LogP contribution < -0.4 is 4.74 Å². The second kappa shape index (κ2) is 3.59. The molecular formula is C9H9ClO2. The third kappa shape index (κ3) is 1.77. The Morgan fingerprint density at radius 1 is 1.50 bits per heavy atom. The summed E-state index contributed by atoms with van der Waals surface area (Å²) in [4.78, 5) is 10.8. The van der Waals surface area contributed by atoms with Gasteiger partial charge in [0.15, 0.2) is 0 Å². The lowest BCUT2D eigenvalue weighted by Crippen LogP contribution is -1.95. The van der Waals surface area contributed by atoms with E-state index in [0.717, 1.165) is 5.56 Å². The molecular weight excluding hydrogens is 176 g/mol. The average molecular weight is 185 g/mol. The molecule has 0 N–H and O–H groups in total. The molecule has 1 aromatic rings. The fourth-order valence-corrected chi connectivity index (χ4v) is 1.12. The molecule has 0 saturated heterocycles. The molecule has 0 heterocycles.